The third-order valence-corrected chi connectivity index (χ3v) is 4.56. The number of nitrogens with one attached hydrogen (secondary N) is 2. The number of hydrogen-bond acceptors (Lipinski definition) is 6. The Bertz CT molecular complexity index is 705. The summed E-state index contributed by atoms with van der Waals surface area (Å²) >= 11 is 0. The van der Waals surface area contributed by atoms with Crippen LogP contribution in [0.3, 0.4) is 0 Å². The van der Waals surface area contributed by atoms with Crippen molar-refractivity contribution in [2.24, 2.45) is 0 Å². The summed E-state index contributed by atoms with van der Waals surface area (Å²) in [4.78, 5) is 12.5. The lowest BCUT2D eigenvalue weighted by Gasteiger charge is -2.32. The van der Waals surface area contributed by atoms with Gasteiger partial charge in [-0.1, -0.05) is 12.1 Å². The molecule has 0 aromatic carbocycles. The van der Waals surface area contributed by atoms with Gasteiger partial charge in [-0.2, -0.15) is 5.10 Å². The highest BCUT2D eigenvalue weighted by Crippen LogP contribution is 2.18. The highest BCUT2D eigenvalue weighted by molar-refractivity contribution is 5.95. The second kappa shape index (κ2) is 7.79. The maximum Gasteiger partial charge on any atom is 0.255 e. The third kappa shape index (κ3) is 3.91. The Morgan fingerprint density at radius 1 is 1.48 bits per heavy atom. The molecule has 0 radical (unpaired) electrons. The van der Waals surface area contributed by atoms with Crippen LogP contribution < -0.4 is 5.32 Å². The highest BCUT2D eigenvalue weighted by atomic mass is 16.5. The predicted octanol–water partition coefficient (Wildman–Crippen LogP) is 1.68. The molecule has 0 spiro atoms. The zero-order valence-corrected chi connectivity index (χ0v) is 14.8. The molecule has 25 heavy (non-hydrogen) atoms. The molecule has 0 bridgehead atoms. The fourth-order valence-electron chi connectivity index (χ4n) is 2.96. The number of nitrogens with zero attached hydrogens (tertiary/aromatic N) is 2. The van der Waals surface area contributed by atoms with E-state index in [9.17, 15) is 4.79 Å². The Kier molecular flexibility index (Phi) is 5.50. The minimum Gasteiger partial charge on any atom is -0.379 e. The number of ether oxygens (including phenoxy) is 2. The van der Waals surface area contributed by atoms with E-state index < -0.39 is 0 Å². The Hall–Kier alpha value is -2.19. The summed E-state index contributed by atoms with van der Waals surface area (Å²) in [5, 5.41) is 13.8. The van der Waals surface area contributed by atoms with Crippen LogP contribution in [0.4, 0.5) is 0 Å². The number of rotatable bonds is 6. The molecule has 8 heteroatoms. The van der Waals surface area contributed by atoms with Crippen LogP contribution in [0.5, 0.6) is 0 Å². The van der Waals surface area contributed by atoms with E-state index in [0.29, 0.717) is 31.8 Å². The van der Waals surface area contributed by atoms with Crippen LogP contribution in [0.1, 0.15) is 46.4 Å². The zero-order valence-electron chi connectivity index (χ0n) is 14.8. The molecule has 2 atom stereocenters. The van der Waals surface area contributed by atoms with Gasteiger partial charge in [-0.3, -0.25) is 9.89 Å². The molecule has 2 N–H and O–H groups in total. The van der Waals surface area contributed by atoms with Crippen molar-refractivity contribution >= 4 is 5.91 Å². The summed E-state index contributed by atoms with van der Waals surface area (Å²) < 4.78 is 16.7. The summed E-state index contributed by atoms with van der Waals surface area (Å²) in [6.07, 6.45) is 2.77. The number of aryl methyl sites for hydroxylation is 3. The van der Waals surface area contributed by atoms with Gasteiger partial charge in [0.2, 0.25) is 0 Å². The molecular weight excluding hydrogens is 324 g/mol. The second-order valence-corrected chi connectivity index (χ2v) is 6.21. The molecule has 1 saturated heterocycles. The van der Waals surface area contributed by atoms with Gasteiger partial charge in [0.1, 0.15) is 11.9 Å². The van der Waals surface area contributed by atoms with Crippen molar-refractivity contribution in [3.8, 4) is 0 Å². The van der Waals surface area contributed by atoms with Crippen molar-refractivity contribution in [1.82, 2.24) is 20.7 Å². The number of carbonyl (C=O) groups excluding carboxylic acids is 1. The van der Waals surface area contributed by atoms with Crippen LogP contribution in [0, 0.1) is 13.8 Å². The third-order valence-electron chi connectivity index (χ3n) is 4.56. The fraction of sp³-hybridized carbons (Fsp3) is 0.588. The Morgan fingerprint density at radius 3 is 3.04 bits per heavy atom. The summed E-state index contributed by atoms with van der Waals surface area (Å²) in [7, 11) is 0. The molecule has 0 aliphatic carbocycles. The number of hydrogen-bond donors (Lipinski definition) is 2. The first-order chi connectivity index (χ1) is 12.1. The van der Waals surface area contributed by atoms with Gasteiger partial charge in [-0.15, -0.1) is 0 Å². The van der Waals surface area contributed by atoms with Gasteiger partial charge in [0, 0.05) is 17.9 Å². The summed E-state index contributed by atoms with van der Waals surface area (Å²) in [6, 6.07) is -0.110. The number of aromatic nitrogens is 3. The first kappa shape index (κ1) is 17.6. The molecule has 1 aliphatic rings. The summed E-state index contributed by atoms with van der Waals surface area (Å²) in [6.45, 7) is 7.15. The Labute approximate surface area is 146 Å². The molecule has 8 nitrogen and oxygen atoms in total. The summed E-state index contributed by atoms with van der Waals surface area (Å²) in [5.74, 6) is 0.615. The van der Waals surface area contributed by atoms with Crippen molar-refractivity contribution in [3.63, 3.8) is 0 Å². The first-order valence-corrected chi connectivity index (χ1v) is 8.54. The molecule has 1 amide bonds. The fourth-order valence-corrected chi connectivity index (χ4v) is 2.96. The maximum atomic E-state index is 12.5. The molecule has 1 fully saturated rings. The Balaban J connectivity index is 1.64. The SMILES string of the molecule is CCc1[nH]ncc1C(=O)N[C@H]1CCOC[C@@H]1OCc1c(C)noc1C. The van der Waals surface area contributed by atoms with Gasteiger partial charge in [0.25, 0.3) is 5.91 Å². The van der Waals surface area contributed by atoms with Crippen LogP contribution in [0.2, 0.25) is 0 Å². The van der Waals surface area contributed by atoms with E-state index >= 15 is 0 Å². The number of H-pyrrole nitrogens is 1. The van der Waals surface area contributed by atoms with E-state index in [0.717, 1.165) is 29.1 Å². The molecule has 0 saturated carbocycles. The van der Waals surface area contributed by atoms with Gasteiger partial charge >= 0.3 is 0 Å². The van der Waals surface area contributed by atoms with Crippen molar-refractivity contribution in [2.45, 2.75) is 52.4 Å². The lowest BCUT2D eigenvalue weighted by atomic mass is 10.0. The molecule has 2 aromatic heterocycles. The first-order valence-electron chi connectivity index (χ1n) is 8.54. The largest absolute Gasteiger partial charge is 0.379 e. The quantitative estimate of drug-likeness (QED) is 0.823. The minimum absolute atomic E-state index is 0.110. The zero-order chi connectivity index (χ0) is 17.8. The average Bonchev–Trinajstić information content (AvgIpc) is 3.21. The van der Waals surface area contributed by atoms with Crippen molar-refractivity contribution in [1.29, 1.82) is 0 Å². The van der Waals surface area contributed by atoms with Crippen LogP contribution in [-0.2, 0) is 22.5 Å². The number of amides is 1. The van der Waals surface area contributed by atoms with Crippen LogP contribution >= 0.6 is 0 Å². The van der Waals surface area contributed by atoms with Crippen LogP contribution in [0.25, 0.3) is 0 Å². The maximum absolute atomic E-state index is 12.5. The Morgan fingerprint density at radius 2 is 2.32 bits per heavy atom. The number of aromatic amines is 1. The van der Waals surface area contributed by atoms with E-state index in [4.69, 9.17) is 14.0 Å². The highest BCUT2D eigenvalue weighted by Gasteiger charge is 2.29. The monoisotopic (exact) mass is 348 g/mol. The van der Waals surface area contributed by atoms with E-state index in [1.54, 1.807) is 6.20 Å². The van der Waals surface area contributed by atoms with Crippen LogP contribution in [-0.4, -0.2) is 46.6 Å². The topological polar surface area (TPSA) is 102 Å². The normalized spacial score (nSPS) is 20.6. The van der Waals surface area contributed by atoms with Crippen LogP contribution in [0.15, 0.2) is 10.7 Å². The van der Waals surface area contributed by atoms with Gasteiger partial charge in [-0.05, 0) is 26.7 Å². The minimum atomic E-state index is -0.219. The van der Waals surface area contributed by atoms with Gasteiger partial charge in [0.05, 0.1) is 36.7 Å². The molecule has 1 aliphatic heterocycles. The molecular formula is C17H24N4O4. The van der Waals surface area contributed by atoms with E-state index in [-0.39, 0.29) is 18.1 Å². The molecule has 2 aromatic rings. The molecule has 0 unspecified atom stereocenters. The smallest absolute Gasteiger partial charge is 0.255 e. The standard InChI is InChI=1S/C17H24N4O4/c1-4-14-12(7-18-20-14)17(22)19-15-5-6-23-9-16(15)24-8-13-10(2)21-25-11(13)3/h7,15-16H,4-6,8-9H2,1-3H3,(H,18,20)(H,19,22)/t15-,16-/m0/s1. The van der Waals surface area contributed by atoms with Crippen molar-refractivity contribution in [3.05, 3.63) is 34.5 Å². The lowest BCUT2D eigenvalue weighted by molar-refractivity contribution is -0.0739. The van der Waals surface area contributed by atoms with E-state index in [2.05, 4.69) is 20.7 Å². The molecule has 136 valence electrons. The predicted molar refractivity (Wildman–Crippen MR) is 89.2 cm³/mol. The molecule has 3 heterocycles. The van der Waals surface area contributed by atoms with Gasteiger partial charge < -0.3 is 19.3 Å². The van der Waals surface area contributed by atoms with E-state index in [1.807, 2.05) is 20.8 Å². The van der Waals surface area contributed by atoms with Crippen molar-refractivity contribution < 1.29 is 18.8 Å². The summed E-state index contributed by atoms with van der Waals surface area (Å²) in [5.41, 5.74) is 3.18. The lowest BCUT2D eigenvalue weighted by Crippen LogP contribution is -2.50. The van der Waals surface area contributed by atoms with E-state index in [1.165, 1.54) is 0 Å². The van der Waals surface area contributed by atoms with Crippen molar-refractivity contribution in [2.75, 3.05) is 13.2 Å². The average molecular weight is 348 g/mol. The second-order valence-electron chi connectivity index (χ2n) is 6.21. The number of carbonyl (C=O) groups is 1. The molecule has 3 rings (SSSR count). The van der Waals surface area contributed by atoms with Gasteiger partial charge in [-0.25, -0.2) is 0 Å². The van der Waals surface area contributed by atoms with Gasteiger partial charge in [0.15, 0.2) is 0 Å².